The molecule has 3 aromatic heterocycles. The molecule has 156 valence electrons. The van der Waals surface area contributed by atoms with Crippen LogP contribution in [0, 0.1) is 0 Å². The topological polar surface area (TPSA) is 81.1 Å². The van der Waals surface area contributed by atoms with Crippen molar-refractivity contribution in [3.63, 3.8) is 0 Å². The van der Waals surface area contributed by atoms with Gasteiger partial charge in [0.05, 0.1) is 27.7 Å². The van der Waals surface area contributed by atoms with Crippen molar-refractivity contribution >= 4 is 50.4 Å². The predicted octanol–water partition coefficient (Wildman–Crippen LogP) is 4.27. The number of hydrogen-bond acceptors (Lipinski definition) is 6. The largest absolute Gasteiger partial charge is 0.316 e. The highest BCUT2D eigenvalue weighted by atomic mass is 32.1. The van der Waals surface area contributed by atoms with E-state index in [1.165, 1.54) is 38.3 Å². The molecule has 1 aliphatic rings. The minimum absolute atomic E-state index is 0.0452. The molecule has 0 radical (unpaired) electrons. The number of fused-ring (bicyclic) bond motifs is 2. The number of ketones is 1. The van der Waals surface area contributed by atoms with Gasteiger partial charge >= 0.3 is 0 Å². The number of para-hydroxylation sites is 2. The van der Waals surface area contributed by atoms with Gasteiger partial charge in [-0.25, -0.2) is 4.98 Å². The van der Waals surface area contributed by atoms with Crippen molar-refractivity contribution in [2.45, 2.75) is 32.2 Å². The van der Waals surface area contributed by atoms with Crippen LogP contribution in [-0.4, -0.2) is 21.2 Å². The summed E-state index contributed by atoms with van der Waals surface area (Å²) in [4.78, 5) is 44.5. The number of amides is 1. The number of benzene rings is 1. The van der Waals surface area contributed by atoms with E-state index in [4.69, 9.17) is 0 Å². The number of nitrogens with one attached hydrogen (secondary N) is 1. The van der Waals surface area contributed by atoms with Crippen LogP contribution in [0.2, 0.25) is 0 Å². The van der Waals surface area contributed by atoms with Gasteiger partial charge in [0.1, 0.15) is 11.5 Å². The Morgan fingerprint density at radius 2 is 1.94 bits per heavy atom. The molecule has 4 aromatic rings. The van der Waals surface area contributed by atoms with E-state index in [2.05, 4.69) is 10.3 Å². The van der Waals surface area contributed by atoms with E-state index in [0.29, 0.717) is 26.5 Å². The van der Waals surface area contributed by atoms with Crippen LogP contribution in [0.25, 0.3) is 11.0 Å². The maximum Gasteiger partial charge on any atom is 0.269 e. The average Bonchev–Trinajstić information content (AvgIpc) is 3.43. The van der Waals surface area contributed by atoms with E-state index in [-0.39, 0.29) is 23.8 Å². The molecule has 1 aliphatic carbocycles. The number of anilines is 1. The van der Waals surface area contributed by atoms with Crippen molar-refractivity contribution in [2.75, 3.05) is 5.32 Å². The summed E-state index contributed by atoms with van der Waals surface area (Å²) < 4.78 is 1.41. The van der Waals surface area contributed by atoms with Crippen molar-refractivity contribution in [1.82, 2.24) is 9.55 Å². The van der Waals surface area contributed by atoms with Crippen molar-refractivity contribution in [2.24, 2.45) is 0 Å². The molecule has 31 heavy (non-hydrogen) atoms. The summed E-state index contributed by atoms with van der Waals surface area (Å²) in [6.07, 6.45) is 5.13. The molecule has 3 heterocycles. The SMILES string of the molecule is O=C(Cn1c(=O)cnc2ccccc21)Nc1sc2c(c1C(=O)c1cccs1)CCCC2. The molecular formula is C23H19N3O3S2. The Hall–Kier alpha value is -3.10. The third-order valence-corrected chi connectivity index (χ3v) is 7.53. The Balaban J connectivity index is 1.49. The van der Waals surface area contributed by atoms with Gasteiger partial charge in [-0.2, -0.15) is 0 Å². The molecule has 6 nitrogen and oxygen atoms in total. The van der Waals surface area contributed by atoms with Crippen LogP contribution >= 0.6 is 22.7 Å². The average molecular weight is 450 g/mol. The van der Waals surface area contributed by atoms with Crippen LogP contribution in [0.15, 0.2) is 52.8 Å². The summed E-state index contributed by atoms with van der Waals surface area (Å²) in [7, 11) is 0. The van der Waals surface area contributed by atoms with Gasteiger partial charge in [0.2, 0.25) is 11.7 Å². The fraction of sp³-hybridized carbons (Fsp3) is 0.217. The minimum atomic E-state index is -0.339. The summed E-state index contributed by atoms with van der Waals surface area (Å²) in [5, 5.41) is 5.40. The van der Waals surface area contributed by atoms with Crippen LogP contribution in [0.1, 0.15) is 38.5 Å². The normalized spacial score (nSPS) is 13.2. The highest BCUT2D eigenvalue weighted by Crippen LogP contribution is 2.39. The standard InChI is InChI=1S/C23H19N3O3S2/c27-19(13-26-16-8-3-2-7-15(16)24-12-20(26)28)25-23-21(22(29)18-10-5-11-30-18)14-6-1-4-9-17(14)31-23/h2-3,5,7-8,10-12H,1,4,6,9,13H2,(H,25,27). The molecule has 0 unspecified atom stereocenters. The van der Waals surface area contributed by atoms with Crippen molar-refractivity contribution in [3.8, 4) is 0 Å². The molecule has 1 amide bonds. The second kappa shape index (κ2) is 8.20. The maximum absolute atomic E-state index is 13.2. The van der Waals surface area contributed by atoms with E-state index in [1.54, 1.807) is 12.1 Å². The number of hydrogen-bond donors (Lipinski definition) is 1. The van der Waals surface area contributed by atoms with Gasteiger partial charge in [-0.3, -0.25) is 19.0 Å². The number of aryl methyl sites for hydroxylation is 1. The Morgan fingerprint density at radius 3 is 2.77 bits per heavy atom. The molecule has 0 bridgehead atoms. The summed E-state index contributed by atoms with van der Waals surface area (Å²) in [6, 6.07) is 10.9. The minimum Gasteiger partial charge on any atom is -0.316 e. The van der Waals surface area contributed by atoms with Gasteiger partial charge in [-0.05, 0) is 54.8 Å². The molecule has 1 N–H and O–H groups in total. The molecule has 0 spiro atoms. The van der Waals surface area contributed by atoms with Crippen molar-refractivity contribution < 1.29 is 9.59 Å². The lowest BCUT2D eigenvalue weighted by Gasteiger charge is -2.12. The predicted molar refractivity (Wildman–Crippen MR) is 123 cm³/mol. The van der Waals surface area contributed by atoms with E-state index >= 15 is 0 Å². The second-order valence-electron chi connectivity index (χ2n) is 7.44. The zero-order valence-corrected chi connectivity index (χ0v) is 18.2. The van der Waals surface area contributed by atoms with Gasteiger partial charge in [0, 0.05) is 4.88 Å². The van der Waals surface area contributed by atoms with E-state index in [1.807, 2.05) is 29.6 Å². The quantitative estimate of drug-likeness (QED) is 0.462. The van der Waals surface area contributed by atoms with Crippen LogP contribution < -0.4 is 10.9 Å². The molecule has 0 atom stereocenters. The molecular weight excluding hydrogens is 430 g/mol. The number of carbonyl (C=O) groups excluding carboxylic acids is 2. The third-order valence-electron chi connectivity index (χ3n) is 5.45. The fourth-order valence-electron chi connectivity index (χ4n) is 4.01. The lowest BCUT2D eigenvalue weighted by molar-refractivity contribution is -0.116. The van der Waals surface area contributed by atoms with E-state index < -0.39 is 0 Å². The molecule has 5 rings (SSSR count). The highest BCUT2D eigenvalue weighted by molar-refractivity contribution is 7.17. The first-order chi connectivity index (χ1) is 15.1. The Morgan fingerprint density at radius 1 is 1.10 bits per heavy atom. The number of carbonyl (C=O) groups is 2. The van der Waals surface area contributed by atoms with Crippen molar-refractivity contribution in [3.05, 3.63) is 79.2 Å². The molecule has 8 heteroatoms. The number of aromatic nitrogens is 2. The van der Waals surface area contributed by atoms with Crippen LogP contribution in [0.3, 0.4) is 0 Å². The molecule has 0 fully saturated rings. The Labute approximate surface area is 186 Å². The van der Waals surface area contributed by atoms with Crippen LogP contribution in [0.4, 0.5) is 5.00 Å². The molecule has 0 aliphatic heterocycles. The second-order valence-corrected chi connectivity index (χ2v) is 9.49. The first kappa shape index (κ1) is 19.8. The molecule has 0 saturated carbocycles. The number of thiophene rings is 2. The first-order valence-corrected chi connectivity index (χ1v) is 11.8. The molecule has 1 aromatic carbocycles. The lowest BCUT2D eigenvalue weighted by atomic mass is 9.93. The summed E-state index contributed by atoms with van der Waals surface area (Å²) in [5.41, 5.74) is 2.59. The monoisotopic (exact) mass is 449 g/mol. The zero-order chi connectivity index (χ0) is 21.4. The smallest absolute Gasteiger partial charge is 0.269 e. The van der Waals surface area contributed by atoms with Gasteiger partial charge in [-0.1, -0.05) is 18.2 Å². The zero-order valence-electron chi connectivity index (χ0n) is 16.6. The lowest BCUT2D eigenvalue weighted by Crippen LogP contribution is -2.28. The van der Waals surface area contributed by atoms with E-state index in [0.717, 1.165) is 31.2 Å². The van der Waals surface area contributed by atoms with Gasteiger partial charge in [0.25, 0.3) is 5.56 Å². The number of rotatable bonds is 5. The van der Waals surface area contributed by atoms with Gasteiger partial charge in [0.15, 0.2) is 0 Å². The molecule has 0 saturated heterocycles. The van der Waals surface area contributed by atoms with Gasteiger partial charge < -0.3 is 5.32 Å². The van der Waals surface area contributed by atoms with Crippen molar-refractivity contribution in [1.29, 1.82) is 0 Å². The Kier molecular flexibility index (Phi) is 5.25. The fourth-order valence-corrected chi connectivity index (χ4v) is 5.99. The summed E-state index contributed by atoms with van der Waals surface area (Å²) in [5.74, 6) is -0.381. The third kappa shape index (κ3) is 3.73. The maximum atomic E-state index is 13.2. The van der Waals surface area contributed by atoms with Gasteiger partial charge in [-0.15, -0.1) is 22.7 Å². The van der Waals surface area contributed by atoms with Crippen LogP contribution in [0.5, 0.6) is 0 Å². The first-order valence-electron chi connectivity index (χ1n) is 10.1. The number of nitrogens with zero attached hydrogens (tertiary/aromatic N) is 2. The Bertz CT molecular complexity index is 1350. The summed E-state index contributed by atoms with van der Waals surface area (Å²) in [6.45, 7) is -0.142. The highest BCUT2D eigenvalue weighted by Gasteiger charge is 2.27. The van der Waals surface area contributed by atoms with Crippen LogP contribution in [-0.2, 0) is 24.2 Å². The van der Waals surface area contributed by atoms with E-state index in [9.17, 15) is 14.4 Å². The summed E-state index contributed by atoms with van der Waals surface area (Å²) >= 11 is 2.89.